The maximum Gasteiger partial charge on any atom is 0.165 e. The molecule has 0 heterocycles. The van der Waals surface area contributed by atoms with Crippen LogP contribution in [0.4, 0.5) is 4.39 Å². The highest BCUT2D eigenvalue weighted by Gasteiger charge is 2.05. The van der Waals surface area contributed by atoms with Crippen LogP contribution in [0.25, 0.3) is 0 Å². The molecule has 0 spiro atoms. The van der Waals surface area contributed by atoms with Gasteiger partial charge in [-0.15, -0.1) is 0 Å². The van der Waals surface area contributed by atoms with Gasteiger partial charge in [0.25, 0.3) is 0 Å². The number of methoxy groups -OCH3 is 1. The second kappa shape index (κ2) is 6.23. The van der Waals surface area contributed by atoms with E-state index in [4.69, 9.17) is 9.47 Å². The molecule has 0 radical (unpaired) electrons. The van der Waals surface area contributed by atoms with Gasteiger partial charge in [-0.3, -0.25) is 0 Å². The molecule has 0 atom stereocenters. The van der Waals surface area contributed by atoms with E-state index in [1.54, 1.807) is 12.1 Å². The van der Waals surface area contributed by atoms with E-state index >= 15 is 0 Å². The number of hydrogen-bond acceptors (Lipinski definition) is 2. The Morgan fingerprint density at radius 3 is 2.53 bits per heavy atom. The highest BCUT2D eigenvalue weighted by Crippen LogP contribution is 2.22. The van der Waals surface area contributed by atoms with Gasteiger partial charge in [0.1, 0.15) is 12.4 Å². The molecule has 0 aromatic heterocycles. The maximum atomic E-state index is 13.5. The number of halogens is 1. The number of benzene rings is 2. The summed E-state index contributed by atoms with van der Waals surface area (Å²) in [5.74, 6) is 0.728. The van der Waals surface area contributed by atoms with Crippen LogP contribution in [-0.2, 0) is 13.0 Å². The summed E-state index contributed by atoms with van der Waals surface area (Å²) in [7, 11) is 1.45. The fourth-order valence-electron chi connectivity index (χ4n) is 1.90. The number of para-hydroxylation sites is 1. The van der Waals surface area contributed by atoms with E-state index in [1.165, 1.54) is 13.2 Å². The van der Waals surface area contributed by atoms with E-state index in [9.17, 15) is 4.39 Å². The largest absolute Gasteiger partial charge is 0.494 e. The zero-order valence-corrected chi connectivity index (χ0v) is 11.2. The van der Waals surface area contributed by atoms with E-state index in [2.05, 4.69) is 6.92 Å². The molecule has 2 aromatic rings. The molecule has 2 rings (SSSR count). The standard InChI is InChI=1S/C16H17FO2/c1-3-13-6-4-5-7-15(13)19-11-12-8-9-16(18-2)14(17)10-12/h4-10H,3,11H2,1-2H3. The van der Waals surface area contributed by atoms with Gasteiger partial charge in [-0.05, 0) is 35.7 Å². The number of ether oxygens (including phenoxy) is 2. The van der Waals surface area contributed by atoms with Crippen molar-refractivity contribution in [3.63, 3.8) is 0 Å². The third-order valence-electron chi connectivity index (χ3n) is 2.96. The van der Waals surface area contributed by atoms with E-state index in [1.807, 2.05) is 24.3 Å². The lowest BCUT2D eigenvalue weighted by Gasteiger charge is -2.11. The minimum absolute atomic E-state index is 0.248. The fraction of sp³-hybridized carbons (Fsp3) is 0.250. The molecule has 0 aliphatic rings. The Kier molecular flexibility index (Phi) is 4.39. The molecule has 0 unspecified atom stereocenters. The summed E-state index contributed by atoms with van der Waals surface area (Å²) >= 11 is 0. The van der Waals surface area contributed by atoms with Crippen LogP contribution in [0.2, 0.25) is 0 Å². The Morgan fingerprint density at radius 1 is 1.05 bits per heavy atom. The summed E-state index contributed by atoms with van der Waals surface area (Å²) in [6.45, 7) is 2.42. The normalized spacial score (nSPS) is 10.3. The predicted molar refractivity (Wildman–Crippen MR) is 73.1 cm³/mol. The second-order valence-electron chi connectivity index (χ2n) is 4.22. The van der Waals surface area contributed by atoms with Gasteiger partial charge in [-0.25, -0.2) is 4.39 Å². The molecule has 0 fully saturated rings. The first-order valence-electron chi connectivity index (χ1n) is 6.27. The molecule has 100 valence electrons. The van der Waals surface area contributed by atoms with Crippen molar-refractivity contribution in [2.75, 3.05) is 7.11 Å². The van der Waals surface area contributed by atoms with Gasteiger partial charge in [0.2, 0.25) is 0 Å². The summed E-state index contributed by atoms with van der Waals surface area (Å²) in [5, 5.41) is 0. The maximum absolute atomic E-state index is 13.5. The van der Waals surface area contributed by atoms with Gasteiger partial charge in [-0.1, -0.05) is 31.2 Å². The zero-order valence-electron chi connectivity index (χ0n) is 11.2. The first-order chi connectivity index (χ1) is 9.24. The highest BCUT2D eigenvalue weighted by molar-refractivity contribution is 5.34. The smallest absolute Gasteiger partial charge is 0.165 e. The van der Waals surface area contributed by atoms with Crippen molar-refractivity contribution in [1.29, 1.82) is 0 Å². The van der Waals surface area contributed by atoms with Crippen LogP contribution in [0.1, 0.15) is 18.1 Å². The molecule has 0 amide bonds. The lowest BCUT2D eigenvalue weighted by atomic mass is 10.1. The van der Waals surface area contributed by atoms with E-state index in [0.29, 0.717) is 6.61 Å². The predicted octanol–water partition coefficient (Wildman–Crippen LogP) is 3.98. The topological polar surface area (TPSA) is 18.5 Å². The molecule has 2 nitrogen and oxygen atoms in total. The van der Waals surface area contributed by atoms with Gasteiger partial charge in [0, 0.05) is 0 Å². The molecule has 0 saturated heterocycles. The molecular formula is C16H17FO2. The quantitative estimate of drug-likeness (QED) is 0.809. The Morgan fingerprint density at radius 2 is 1.84 bits per heavy atom. The Balaban J connectivity index is 2.08. The van der Waals surface area contributed by atoms with Crippen molar-refractivity contribution >= 4 is 0 Å². The number of hydrogen-bond donors (Lipinski definition) is 0. The molecule has 2 aromatic carbocycles. The van der Waals surface area contributed by atoms with E-state index in [0.717, 1.165) is 23.3 Å². The first kappa shape index (κ1) is 13.4. The van der Waals surface area contributed by atoms with Gasteiger partial charge in [0.05, 0.1) is 7.11 Å². The van der Waals surface area contributed by atoms with Crippen molar-refractivity contribution in [3.05, 3.63) is 59.4 Å². The monoisotopic (exact) mass is 260 g/mol. The molecular weight excluding hydrogens is 243 g/mol. The minimum Gasteiger partial charge on any atom is -0.494 e. The van der Waals surface area contributed by atoms with Crippen LogP contribution in [0.3, 0.4) is 0 Å². The van der Waals surface area contributed by atoms with E-state index < -0.39 is 0 Å². The lowest BCUT2D eigenvalue weighted by Crippen LogP contribution is -1.99. The van der Waals surface area contributed by atoms with Crippen LogP contribution in [0.5, 0.6) is 11.5 Å². The van der Waals surface area contributed by atoms with E-state index in [-0.39, 0.29) is 11.6 Å². The van der Waals surface area contributed by atoms with Crippen LogP contribution in [-0.4, -0.2) is 7.11 Å². The molecule has 3 heteroatoms. The second-order valence-corrected chi connectivity index (χ2v) is 4.22. The van der Waals surface area contributed by atoms with Gasteiger partial charge in [-0.2, -0.15) is 0 Å². The fourth-order valence-corrected chi connectivity index (χ4v) is 1.90. The van der Waals surface area contributed by atoms with Crippen molar-refractivity contribution < 1.29 is 13.9 Å². The SMILES string of the molecule is CCc1ccccc1OCc1ccc(OC)c(F)c1. The van der Waals surface area contributed by atoms with Crippen molar-refractivity contribution in [1.82, 2.24) is 0 Å². The number of aryl methyl sites for hydroxylation is 1. The van der Waals surface area contributed by atoms with Crippen molar-refractivity contribution in [3.8, 4) is 11.5 Å². The van der Waals surface area contributed by atoms with Crippen LogP contribution in [0.15, 0.2) is 42.5 Å². The van der Waals surface area contributed by atoms with Crippen LogP contribution >= 0.6 is 0 Å². The third-order valence-corrected chi connectivity index (χ3v) is 2.96. The summed E-state index contributed by atoms with van der Waals surface area (Å²) in [6, 6.07) is 12.7. The Labute approximate surface area is 112 Å². The summed E-state index contributed by atoms with van der Waals surface area (Å²) in [6.07, 6.45) is 0.910. The molecule has 0 N–H and O–H groups in total. The molecule has 0 bridgehead atoms. The van der Waals surface area contributed by atoms with Crippen LogP contribution in [0, 0.1) is 5.82 Å². The summed E-state index contributed by atoms with van der Waals surface area (Å²) in [5.41, 5.74) is 1.93. The minimum atomic E-state index is -0.368. The molecule has 0 aliphatic heterocycles. The van der Waals surface area contributed by atoms with Crippen molar-refractivity contribution in [2.45, 2.75) is 20.0 Å². The zero-order chi connectivity index (χ0) is 13.7. The average molecular weight is 260 g/mol. The van der Waals surface area contributed by atoms with Gasteiger partial charge >= 0.3 is 0 Å². The molecule has 19 heavy (non-hydrogen) atoms. The van der Waals surface area contributed by atoms with Gasteiger partial charge < -0.3 is 9.47 Å². The summed E-state index contributed by atoms with van der Waals surface area (Å²) < 4.78 is 24.2. The Hall–Kier alpha value is -2.03. The third kappa shape index (κ3) is 3.25. The van der Waals surface area contributed by atoms with Crippen molar-refractivity contribution in [2.24, 2.45) is 0 Å². The first-order valence-corrected chi connectivity index (χ1v) is 6.27. The Bertz CT molecular complexity index is 552. The number of rotatable bonds is 5. The summed E-state index contributed by atoms with van der Waals surface area (Å²) in [4.78, 5) is 0. The highest BCUT2D eigenvalue weighted by atomic mass is 19.1. The molecule has 0 saturated carbocycles. The molecule has 0 aliphatic carbocycles. The average Bonchev–Trinajstić information content (AvgIpc) is 2.45. The van der Waals surface area contributed by atoms with Gasteiger partial charge in [0.15, 0.2) is 11.6 Å². The van der Waals surface area contributed by atoms with Crippen LogP contribution < -0.4 is 9.47 Å². The lowest BCUT2D eigenvalue weighted by molar-refractivity contribution is 0.301.